The highest BCUT2D eigenvalue weighted by Crippen LogP contribution is 2.37. The average molecular weight is 307 g/mol. The molecule has 0 saturated carbocycles. The molecule has 4 N–H and O–H groups in total. The van der Waals surface area contributed by atoms with Crippen LogP contribution in [-0.4, -0.2) is 21.2 Å². The standard InChI is InChI=1S/C18H17N3O2/c1-11(18(19)23)16-8-12(13-9-20-21-10-13)6-7-14(16)15-4-2-3-5-17(15)22/h2-11,22H,1H3,(H2,19,23)(H,20,21). The Morgan fingerprint density at radius 3 is 2.61 bits per heavy atom. The summed E-state index contributed by atoms with van der Waals surface area (Å²) in [6, 6.07) is 12.8. The number of para-hydroxylation sites is 1. The molecule has 1 amide bonds. The number of hydrogen-bond donors (Lipinski definition) is 3. The maximum absolute atomic E-state index is 11.7. The van der Waals surface area contributed by atoms with E-state index in [4.69, 9.17) is 5.73 Å². The lowest BCUT2D eigenvalue weighted by molar-refractivity contribution is -0.119. The summed E-state index contributed by atoms with van der Waals surface area (Å²) >= 11 is 0. The predicted molar refractivity (Wildman–Crippen MR) is 88.7 cm³/mol. The van der Waals surface area contributed by atoms with Crippen LogP contribution in [0.5, 0.6) is 5.75 Å². The fourth-order valence-corrected chi connectivity index (χ4v) is 2.61. The van der Waals surface area contributed by atoms with Crippen molar-refractivity contribution >= 4 is 5.91 Å². The van der Waals surface area contributed by atoms with E-state index in [1.807, 2.05) is 30.3 Å². The summed E-state index contributed by atoms with van der Waals surface area (Å²) in [5.74, 6) is -0.719. The first kappa shape index (κ1) is 14.8. The number of nitrogens with zero attached hydrogens (tertiary/aromatic N) is 1. The van der Waals surface area contributed by atoms with E-state index in [-0.39, 0.29) is 5.75 Å². The van der Waals surface area contributed by atoms with E-state index in [1.54, 1.807) is 31.5 Å². The molecule has 0 aliphatic heterocycles. The summed E-state index contributed by atoms with van der Waals surface area (Å²) < 4.78 is 0. The van der Waals surface area contributed by atoms with Gasteiger partial charge in [0.25, 0.3) is 0 Å². The van der Waals surface area contributed by atoms with Gasteiger partial charge < -0.3 is 10.8 Å². The number of primary amides is 1. The van der Waals surface area contributed by atoms with Gasteiger partial charge in [0.2, 0.25) is 5.91 Å². The van der Waals surface area contributed by atoms with Crippen molar-refractivity contribution in [2.24, 2.45) is 5.73 Å². The van der Waals surface area contributed by atoms with E-state index >= 15 is 0 Å². The lowest BCUT2D eigenvalue weighted by Crippen LogP contribution is -2.19. The second kappa shape index (κ2) is 5.96. The van der Waals surface area contributed by atoms with Crippen LogP contribution in [-0.2, 0) is 4.79 Å². The van der Waals surface area contributed by atoms with Crippen molar-refractivity contribution in [3.8, 4) is 28.0 Å². The summed E-state index contributed by atoms with van der Waals surface area (Å²) in [5, 5.41) is 16.9. The molecule has 23 heavy (non-hydrogen) atoms. The van der Waals surface area contributed by atoms with E-state index in [9.17, 15) is 9.90 Å². The molecule has 3 aromatic rings. The molecule has 0 radical (unpaired) electrons. The van der Waals surface area contributed by atoms with Gasteiger partial charge >= 0.3 is 0 Å². The monoisotopic (exact) mass is 307 g/mol. The SMILES string of the molecule is CC(C(N)=O)c1cc(-c2cn[nH]c2)ccc1-c1ccccc1O. The number of nitrogens with two attached hydrogens (primary N) is 1. The average Bonchev–Trinajstić information content (AvgIpc) is 3.08. The molecule has 0 aliphatic carbocycles. The minimum absolute atomic E-state index is 0.168. The number of aromatic hydroxyl groups is 1. The zero-order chi connectivity index (χ0) is 16.4. The van der Waals surface area contributed by atoms with Crippen LogP contribution in [0.4, 0.5) is 0 Å². The number of carbonyl (C=O) groups excluding carboxylic acids is 1. The summed E-state index contributed by atoms with van der Waals surface area (Å²) in [4.78, 5) is 11.7. The third-order valence-electron chi connectivity index (χ3n) is 3.97. The first-order valence-corrected chi connectivity index (χ1v) is 7.28. The van der Waals surface area contributed by atoms with E-state index in [1.165, 1.54) is 0 Å². The third kappa shape index (κ3) is 2.81. The van der Waals surface area contributed by atoms with Gasteiger partial charge in [0, 0.05) is 17.3 Å². The molecule has 5 nitrogen and oxygen atoms in total. The molecule has 1 atom stereocenters. The fourth-order valence-electron chi connectivity index (χ4n) is 2.61. The number of H-pyrrole nitrogens is 1. The Bertz CT molecular complexity index is 841. The number of aromatic nitrogens is 2. The number of aromatic amines is 1. The van der Waals surface area contributed by atoms with Gasteiger partial charge in [-0.1, -0.05) is 30.3 Å². The number of rotatable bonds is 4. The summed E-state index contributed by atoms with van der Waals surface area (Å²) in [5.41, 5.74) is 9.60. The minimum Gasteiger partial charge on any atom is -0.507 e. The first-order chi connectivity index (χ1) is 11.1. The molecule has 0 fully saturated rings. The van der Waals surface area contributed by atoms with Gasteiger partial charge in [0.15, 0.2) is 0 Å². The number of benzene rings is 2. The number of nitrogens with one attached hydrogen (secondary N) is 1. The van der Waals surface area contributed by atoms with Crippen LogP contribution in [0.15, 0.2) is 54.9 Å². The maximum Gasteiger partial charge on any atom is 0.224 e. The molecule has 5 heteroatoms. The van der Waals surface area contributed by atoms with Gasteiger partial charge in [-0.05, 0) is 35.7 Å². The normalized spacial score (nSPS) is 12.0. The molecule has 0 spiro atoms. The molecule has 1 unspecified atom stereocenters. The number of carbonyl (C=O) groups is 1. The van der Waals surface area contributed by atoms with Crippen LogP contribution in [0.3, 0.4) is 0 Å². The quantitative estimate of drug-likeness (QED) is 0.691. The van der Waals surface area contributed by atoms with Gasteiger partial charge in [-0.25, -0.2) is 0 Å². The van der Waals surface area contributed by atoms with Crippen molar-refractivity contribution in [3.05, 3.63) is 60.4 Å². The smallest absolute Gasteiger partial charge is 0.224 e. The Labute approximate surface area is 133 Å². The maximum atomic E-state index is 11.7. The summed E-state index contributed by atoms with van der Waals surface area (Å²) in [6.45, 7) is 1.76. The molecular formula is C18H17N3O2. The van der Waals surface area contributed by atoms with Crippen molar-refractivity contribution in [1.29, 1.82) is 0 Å². The van der Waals surface area contributed by atoms with E-state index in [0.717, 1.165) is 22.3 Å². The van der Waals surface area contributed by atoms with Gasteiger partial charge in [-0.3, -0.25) is 9.89 Å². The predicted octanol–water partition coefficient (Wildman–Crippen LogP) is 3.04. The topological polar surface area (TPSA) is 92.0 Å². The molecular weight excluding hydrogens is 290 g/mol. The van der Waals surface area contributed by atoms with Crippen LogP contribution in [0.2, 0.25) is 0 Å². The van der Waals surface area contributed by atoms with Crippen LogP contribution >= 0.6 is 0 Å². The number of hydrogen-bond acceptors (Lipinski definition) is 3. The second-order valence-electron chi connectivity index (χ2n) is 5.43. The van der Waals surface area contributed by atoms with Crippen molar-refractivity contribution in [2.45, 2.75) is 12.8 Å². The van der Waals surface area contributed by atoms with Crippen LogP contribution in [0.1, 0.15) is 18.4 Å². The molecule has 2 aromatic carbocycles. The Morgan fingerprint density at radius 2 is 1.96 bits per heavy atom. The Morgan fingerprint density at radius 1 is 1.17 bits per heavy atom. The zero-order valence-corrected chi connectivity index (χ0v) is 12.7. The fraction of sp³-hybridized carbons (Fsp3) is 0.111. The van der Waals surface area contributed by atoms with Crippen molar-refractivity contribution in [2.75, 3.05) is 0 Å². The van der Waals surface area contributed by atoms with Gasteiger partial charge in [-0.15, -0.1) is 0 Å². The molecule has 1 aromatic heterocycles. The van der Waals surface area contributed by atoms with Crippen molar-refractivity contribution in [1.82, 2.24) is 10.2 Å². The molecule has 1 heterocycles. The Hall–Kier alpha value is -3.08. The van der Waals surface area contributed by atoms with Gasteiger partial charge in [0.1, 0.15) is 5.75 Å². The minimum atomic E-state index is -0.476. The van der Waals surface area contributed by atoms with Crippen molar-refractivity contribution in [3.63, 3.8) is 0 Å². The molecule has 3 rings (SSSR count). The van der Waals surface area contributed by atoms with Crippen LogP contribution < -0.4 is 5.73 Å². The van der Waals surface area contributed by atoms with Gasteiger partial charge in [0.05, 0.1) is 12.1 Å². The van der Waals surface area contributed by atoms with Crippen LogP contribution in [0.25, 0.3) is 22.3 Å². The largest absolute Gasteiger partial charge is 0.507 e. The molecule has 0 aliphatic rings. The summed E-state index contributed by atoms with van der Waals surface area (Å²) in [6.07, 6.45) is 3.50. The van der Waals surface area contributed by atoms with E-state index < -0.39 is 11.8 Å². The highest BCUT2D eigenvalue weighted by atomic mass is 16.3. The van der Waals surface area contributed by atoms with Crippen molar-refractivity contribution < 1.29 is 9.90 Å². The molecule has 116 valence electrons. The van der Waals surface area contributed by atoms with Gasteiger partial charge in [-0.2, -0.15) is 5.10 Å². The highest BCUT2D eigenvalue weighted by Gasteiger charge is 2.19. The summed E-state index contributed by atoms with van der Waals surface area (Å²) in [7, 11) is 0. The lowest BCUT2D eigenvalue weighted by Gasteiger charge is -2.16. The highest BCUT2D eigenvalue weighted by molar-refractivity contribution is 5.87. The Kier molecular flexibility index (Phi) is 3.85. The van der Waals surface area contributed by atoms with E-state index in [2.05, 4.69) is 10.2 Å². The first-order valence-electron chi connectivity index (χ1n) is 7.28. The number of phenols is 1. The third-order valence-corrected chi connectivity index (χ3v) is 3.97. The number of amides is 1. The van der Waals surface area contributed by atoms with Crippen LogP contribution in [0, 0.1) is 0 Å². The second-order valence-corrected chi connectivity index (χ2v) is 5.43. The Balaban J connectivity index is 2.20. The molecule has 0 bridgehead atoms. The lowest BCUT2D eigenvalue weighted by atomic mass is 9.88. The zero-order valence-electron chi connectivity index (χ0n) is 12.7. The van der Waals surface area contributed by atoms with E-state index in [0.29, 0.717) is 5.56 Å². The molecule has 0 saturated heterocycles. The number of phenolic OH excluding ortho intramolecular Hbond substituents is 1.